The molecule has 0 bridgehead atoms. The largest absolute Gasteiger partial charge is 0.497 e. The second-order valence-corrected chi connectivity index (χ2v) is 5.27. The molecule has 2 rings (SSSR count). The summed E-state index contributed by atoms with van der Waals surface area (Å²) >= 11 is 0. The number of nitrogens with two attached hydrogens (primary N) is 1. The van der Waals surface area contributed by atoms with E-state index in [0.717, 1.165) is 18.6 Å². The van der Waals surface area contributed by atoms with Crippen molar-refractivity contribution in [3.05, 3.63) is 29.8 Å². The summed E-state index contributed by atoms with van der Waals surface area (Å²) in [6.45, 7) is 2.22. The van der Waals surface area contributed by atoms with Gasteiger partial charge in [0.2, 0.25) is 0 Å². The van der Waals surface area contributed by atoms with Gasteiger partial charge in [0.05, 0.1) is 7.11 Å². The maximum Gasteiger partial charge on any atom is 0.118 e. The van der Waals surface area contributed by atoms with E-state index in [1.54, 1.807) is 7.11 Å². The van der Waals surface area contributed by atoms with Crippen LogP contribution in [0.3, 0.4) is 0 Å². The van der Waals surface area contributed by atoms with E-state index in [2.05, 4.69) is 24.4 Å². The third-order valence-electron chi connectivity index (χ3n) is 3.87. The zero-order chi connectivity index (χ0) is 13.0. The molecule has 0 radical (unpaired) electrons. The van der Waals surface area contributed by atoms with Crippen LogP contribution < -0.4 is 15.8 Å². The maximum atomic E-state index is 5.93. The molecule has 1 aliphatic carbocycles. The summed E-state index contributed by atoms with van der Waals surface area (Å²) in [7, 11) is 1.70. The average Bonchev–Trinajstić information content (AvgIpc) is 2.41. The topological polar surface area (TPSA) is 47.3 Å². The lowest BCUT2D eigenvalue weighted by Gasteiger charge is -2.29. The zero-order valence-electron chi connectivity index (χ0n) is 11.4. The Morgan fingerprint density at radius 3 is 2.33 bits per heavy atom. The number of ether oxygens (including phenoxy) is 1. The highest BCUT2D eigenvalue weighted by Gasteiger charge is 2.20. The molecule has 1 aromatic rings. The lowest BCUT2D eigenvalue weighted by Crippen LogP contribution is -2.38. The summed E-state index contributed by atoms with van der Waals surface area (Å²) < 4.78 is 5.18. The van der Waals surface area contributed by atoms with Crippen molar-refractivity contribution in [2.24, 2.45) is 5.73 Å². The monoisotopic (exact) mass is 248 g/mol. The van der Waals surface area contributed by atoms with Crippen LogP contribution in [-0.4, -0.2) is 19.2 Å². The Morgan fingerprint density at radius 1 is 1.17 bits per heavy atom. The number of benzene rings is 1. The van der Waals surface area contributed by atoms with E-state index >= 15 is 0 Å². The Bertz CT molecular complexity index is 355. The normalized spacial score (nSPS) is 25.7. The van der Waals surface area contributed by atoms with Crippen LogP contribution in [0.15, 0.2) is 24.3 Å². The number of hydrogen-bond donors (Lipinski definition) is 2. The molecular formula is C15H24N2O. The lowest BCUT2D eigenvalue weighted by atomic mass is 9.91. The summed E-state index contributed by atoms with van der Waals surface area (Å²) in [4.78, 5) is 0. The molecule has 1 fully saturated rings. The van der Waals surface area contributed by atoms with Gasteiger partial charge in [-0.15, -0.1) is 0 Å². The molecule has 1 atom stereocenters. The fourth-order valence-corrected chi connectivity index (χ4v) is 2.63. The first kappa shape index (κ1) is 13.4. The van der Waals surface area contributed by atoms with Gasteiger partial charge in [0, 0.05) is 18.1 Å². The molecule has 18 heavy (non-hydrogen) atoms. The molecule has 100 valence electrons. The molecule has 1 saturated carbocycles. The minimum atomic E-state index is 0.384. The fraction of sp³-hybridized carbons (Fsp3) is 0.600. The molecule has 0 aliphatic heterocycles. The quantitative estimate of drug-likeness (QED) is 0.861. The van der Waals surface area contributed by atoms with Gasteiger partial charge in [-0.2, -0.15) is 0 Å². The Balaban J connectivity index is 1.88. The fourth-order valence-electron chi connectivity index (χ4n) is 2.63. The van der Waals surface area contributed by atoms with Gasteiger partial charge in [0.15, 0.2) is 0 Å². The van der Waals surface area contributed by atoms with Crippen molar-refractivity contribution in [2.45, 2.75) is 50.7 Å². The van der Waals surface area contributed by atoms with Crippen molar-refractivity contribution >= 4 is 0 Å². The third-order valence-corrected chi connectivity index (χ3v) is 3.87. The molecule has 0 unspecified atom stereocenters. The van der Waals surface area contributed by atoms with E-state index in [4.69, 9.17) is 10.5 Å². The number of rotatable bonds is 4. The van der Waals surface area contributed by atoms with Crippen molar-refractivity contribution in [2.75, 3.05) is 7.11 Å². The highest BCUT2D eigenvalue weighted by Crippen LogP contribution is 2.22. The van der Waals surface area contributed by atoms with E-state index in [1.165, 1.54) is 18.4 Å². The van der Waals surface area contributed by atoms with Crippen molar-refractivity contribution < 1.29 is 4.74 Å². The van der Waals surface area contributed by atoms with Crippen LogP contribution in [0.5, 0.6) is 5.75 Å². The van der Waals surface area contributed by atoms with E-state index < -0.39 is 0 Å². The average molecular weight is 248 g/mol. The Kier molecular flexibility index (Phi) is 4.61. The lowest BCUT2D eigenvalue weighted by molar-refractivity contribution is 0.322. The number of nitrogens with one attached hydrogen (secondary N) is 1. The standard InChI is InChI=1S/C15H24N2O/c1-11(12-3-9-15(18-2)10-4-12)17-14-7-5-13(16)6-8-14/h3-4,9-11,13-14,17H,5-8,16H2,1-2H3/t11-,13?,14?/m0/s1. The molecule has 0 heterocycles. The molecule has 1 aliphatic rings. The molecular weight excluding hydrogens is 224 g/mol. The van der Waals surface area contributed by atoms with Crippen molar-refractivity contribution in [3.8, 4) is 5.75 Å². The summed E-state index contributed by atoms with van der Waals surface area (Å²) in [6.07, 6.45) is 4.68. The molecule has 1 aromatic carbocycles. The van der Waals surface area contributed by atoms with Crippen LogP contribution in [0.25, 0.3) is 0 Å². The molecule has 0 amide bonds. The molecule has 0 spiro atoms. The first-order valence-corrected chi connectivity index (χ1v) is 6.84. The molecule has 3 nitrogen and oxygen atoms in total. The third kappa shape index (κ3) is 3.47. The van der Waals surface area contributed by atoms with Crippen LogP contribution in [0.2, 0.25) is 0 Å². The van der Waals surface area contributed by atoms with Gasteiger partial charge >= 0.3 is 0 Å². The van der Waals surface area contributed by atoms with E-state index in [-0.39, 0.29) is 0 Å². The Morgan fingerprint density at radius 2 is 1.78 bits per heavy atom. The second kappa shape index (κ2) is 6.21. The minimum absolute atomic E-state index is 0.384. The van der Waals surface area contributed by atoms with Crippen LogP contribution in [-0.2, 0) is 0 Å². The number of hydrogen-bond acceptors (Lipinski definition) is 3. The highest BCUT2D eigenvalue weighted by molar-refractivity contribution is 5.28. The maximum absolute atomic E-state index is 5.93. The molecule has 3 N–H and O–H groups in total. The molecule has 3 heteroatoms. The summed E-state index contributed by atoms with van der Waals surface area (Å²) in [6, 6.07) is 9.71. The van der Waals surface area contributed by atoms with Crippen molar-refractivity contribution in [1.82, 2.24) is 5.32 Å². The van der Waals surface area contributed by atoms with Crippen LogP contribution in [0.1, 0.15) is 44.2 Å². The van der Waals surface area contributed by atoms with Gasteiger partial charge in [0.25, 0.3) is 0 Å². The van der Waals surface area contributed by atoms with Gasteiger partial charge < -0.3 is 15.8 Å². The van der Waals surface area contributed by atoms with E-state index in [1.807, 2.05) is 12.1 Å². The predicted molar refractivity (Wildman–Crippen MR) is 74.8 cm³/mol. The molecule has 0 saturated heterocycles. The van der Waals surface area contributed by atoms with Gasteiger partial charge in [-0.3, -0.25) is 0 Å². The van der Waals surface area contributed by atoms with Crippen LogP contribution in [0, 0.1) is 0 Å². The van der Waals surface area contributed by atoms with Gasteiger partial charge in [-0.05, 0) is 50.3 Å². The second-order valence-electron chi connectivity index (χ2n) is 5.27. The summed E-state index contributed by atoms with van der Waals surface area (Å²) in [5.74, 6) is 0.912. The summed E-state index contributed by atoms with van der Waals surface area (Å²) in [5, 5.41) is 3.70. The number of methoxy groups -OCH3 is 1. The minimum Gasteiger partial charge on any atom is -0.497 e. The highest BCUT2D eigenvalue weighted by atomic mass is 16.5. The van der Waals surface area contributed by atoms with Gasteiger partial charge in [0.1, 0.15) is 5.75 Å². The first-order valence-electron chi connectivity index (χ1n) is 6.84. The Labute approximate surface area is 110 Å². The van der Waals surface area contributed by atoms with Crippen molar-refractivity contribution in [3.63, 3.8) is 0 Å². The van der Waals surface area contributed by atoms with Crippen LogP contribution in [0.4, 0.5) is 0 Å². The van der Waals surface area contributed by atoms with E-state index in [0.29, 0.717) is 18.1 Å². The van der Waals surface area contributed by atoms with Gasteiger partial charge in [-0.25, -0.2) is 0 Å². The SMILES string of the molecule is COc1ccc([C@H](C)NC2CCC(N)CC2)cc1. The van der Waals surface area contributed by atoms with E-state index in [9.17, 15) is 0 Å². The Hall–Kier alpha value is -1.06. The summed E-state index contributed by atoms with van der Waals surface area (Å²) in [5.41, 5.74) is 7.24. The zero-order valence-corrected chi connectivity index (χ0v) is 11.4. The smallest absolute Gasteiger partial charge is 0.118 e. The molecule has 0 aromatic heterocycles. The van der Waals surface area contributed by atoms with Crippen LogP contribution >= 0.6 is 0 Å². The van der Waals surface area contributed by atoms with Crippen molar-refractivity contribution in [1.29, 1.82) is 0 Å². The first-order chi connectivity index (χ1) is 8.69. The predicted octanol–water partition coefficient (Wildman–Crippen LogP) is 2.62. The van der Waals surface area contributed by atoms with Gasteiger partial charge in [-0.1, -0.05) is 12.1 Å².